The molecule has 0 aromatic heterocycles. The highest BCUT2D eigenvalue weighted by molar-refractivity contribution is 5.87. The van der Waals surface area contributed by atoms with Crippen molar-refractivity contribution in [3.8, 4) is 0 Å². The topological polar surface area (TPSA) is 69.8 Å². The Morgan fingerprint density at radius 1 is 1.56 bits per heavy atom. The van der Waals surface area contributed by atoms with Crippen LogP contribution in [-0.2, 0) is 4.79 Å². The van der Waals surface area contributed by atoms with E-state index in [1.165, 1.54) is 6.08 Å². The van der Waals surface area contributed by atoms with Crippen LogP contribution >= 0.6 is 0 Å². The normalized spacial score (nSPS) is 24.6. The van der Waals surface area contributed by atoms with E-state index in [1.54, 1.807) is 4.90 Å². The van der Waals surface area contributed by atoms with Gasteiger partial charge in [-0.2, -0.15) is 0 Å². The van der Waals surface area contributed by atoms with E-state index in [9.17, 15) is 9.90 Å². The lowest BCUT2D eigenvalue weighted by Crippen LogP contribution is -2.62. The predicted octanol–water partition coefficient (Wildman–Crippen LogP) is -0.629. The maximum Gasteiger partial charge on any atom is 0.246 e. The van der Waals surface area contributed by atoms with Gasteiger partial charge in [-0.15, -0.1) is 0 Å². The molecule has 1 aliphatic rings. The molecule has 0 aromatic rings. The number of hydrogen-bond donors (Lipinski definition) is 2. The van der Waals surface area contributed by atoms with E-state index in [1.807, 2.05) is 0 Å². The average molecular weight is 227 g/mol. The molecule has 3 N–H and O–H groups in total. The standard InChI is InChI=1S/C11H21N3O2/c1-4-10(15)14-6-5-13(8(2)3)7-9(14)11(12)16/h4,8-9,11,16H,1,5-7,12H2,2-3H3. The third-order valence-electron chi connectivity index (χ3n) is 3.03. The first kappa shape index (κ1) is 13.2. The summed E-state index contributed by atoms with van der Waals surface area (Å²) >= 11 is 0. The third kappa shape index (κ3) is 2.81. The summed E-state index contributed by atoms with van der Waals surface area (Å²) in [5, 5.41) is 9.51. The molecule has 1 rings (SSSR count). The second kappa shape index (κ2) is 5.43. The number of aliphatic hydroxyl groups is 1. The first-order valence-corrected chi connectivity index (χ1v) is 5.58. The van der Waals surface area contributed by atoms with Gasteiger partial charge in [-0.05, 0) is 19.9 Å². The molecule has 5 nitrogen and oxygen atoms in total. The van der Waals surface area contributed by atoms with Crippen molar-refractivity contribution in [1.82, 2.24) is 9.80 Å². The van der Waals surface area contributed by atoms with Gasteiger partial charge in [0.05, 0.1) is 6.04 Å². The van der Waals surface area contributed by atoms with E-state index < -0.39 is 6.23 Å². The lowest BCUT2D eigenvalue weighted by molar-refractivity contribution is -0.135. The van der Waals surface area contributed by atoms with Gasteiger partial charge in [-0.3, -0.25) is 9.69 Å². The Morgan fingerprint density at radius 3 is 2.62 bits per heavy atom. The molecule has 1 amide bonds. The zero-order valence-corrected chi connectivity index (χ0v) is 9.97. The molecule has 92 valence electrons. The van der Waals surface area contributed by atoms with E-state index in [0.29, 0.717) is 19.1 Å². The molecule has 1 aliphatic heterocycles. The lowest BCUT2D eigenvalue weighted by Gasteiger charge is -2.43. The van der Waals surface area contributed by atoms with Crippen LogP contribution in [0.1, 0.15) is 13.8 Å². The monoisotopic (exact) mass is 227 g/mol. The van der Waals surface area contributed by atoms with Gasteiger partial charge < -0.3 is 15.7 Å². The molecule has 0 spiro atoms. The fraction of sp³-hybridized carbons (Fsp3) is 0.727. The number of nitrogens with two attached hydrogens (primary N) is 1. The predicted molar refractivity (Wildman–Crippen MR) is 62.6 cm³/mol. The van der Waals surface area contributed by atoms with Crippen molar-refractivity contribution < 1.29 is 9.90 Å². The molecule has 2 unspecified atom stereocenters. The highest BCUT2D eigenvalue weighted by Crippen LogP contribution is 2.14. The fourth-order valence-corrected chi connectivity index (χ4v) is 1.98. The minimum atomic E-state index is -1.01. The number of piperazine rings is 1. The molecular formula is C11H21N3O2. The van der Waals surface area contributed by atoms with Crippen molar-refractivity contribution in [2.75, 3.05) is 19.6 Å². The van der Waals surface area contributed by atoms with Crippen LogP contribution in [0.25, 0.3) is 0 Å². The summed E-state index contributed by atoms with van der Waals surface area (Å²) in [6.07, 6.45) is 0.255. The number of rotatable bonds is 3. The van der Waals surface area contributed by atoms with Crippen LogP contribution in [0.4, 0.5) is 0 Å². The highest BCUT2D eigenvalue weighted by Gasteiger charge is 2.33. The zero-order valence-electron chi connectivity index (χ0n) is 9.97. The van der Waals surface area contributed by atoms with Crippen LogP contribution in [0.15, 0.2) is 12.7 Å². The van der Waals surface area contributed by atoms with E-state index in [4.69, 9.17) is 5.73 Å². The molecule has 1 fully saturated rings. The summed E-state index contributed by atoms with van der Waals surface area (Å²) in [5.74, 6) is -0.169. The first-order valence-electron chi connectivity index (χ1n) is 5.58. The smallest absolute Gasteiger partial charge is 0.246 e. The average Bonchev–Trinajstić information content (AvgIpc) is 2.26. The number of aliphatic hydroxyl groups excluding tert-OH is 1. The van der Waals surface area contributed by atoms with Crippen LogP contribution in [0.2, 0.25) is 0 Å². The second-order valence-corrected chi connectivity index (χ2v) is 4.38. The molecule has 0 bridgehead atoms. The number of carbonyl (C=O) groups excluding carboxylic acids is 1. The largest absolute Gasteiger partial charge is 0.377 e. The van der Waals surface area contributed by atoms with Crippen LogP contribution in [-0.4, -0.2) is 58.8 Å². The number of carbonyl (C=O) groups is 1. The minimum absolute atomic E-state index is 0.169. The lowest BCUT2D eigenvalue weighted by atomic mass is 10.1. The summed E-state index contributed by atoms with van der Waals surface area (Å²) in [5.41, 5.74) is 5.51. The SMILES string of the molecule is C=CC(=O)N1CCN(C(C)C)CC1C(N)O. The van der Waals surface area contributed by atoms with Gasteiger partial charge in [0.15, 0.2) is 0 Å². The second-order valence-electron chi connectivity index (χ2n) is 4.38. The first-order chi connectivity index (χ1) is 7.47. The third-order valence-corrected chi connectivity index (χ3v) is 3.03. The molecular weight excluding hydrogens is 206 g/mol. The van der Waals surface area contributed by atoms with Gasteiger partial charge in [-0.1, -0.05) is 6.58 Å². The summed E-state index contributed by atoms with van der Waals surface area (Å²) in [7, 11) is 0. The van der Waals surface area contributed by atoms with Gasteiger partial charge in [0.1, 0.15) is 6.23 Å². The van der Waals surface area contributed by atoms with E-state index in [-0.39, 0.29) is 11.9 Å². The summed E-state index contributed by atoms with van der Waals surface area (Å²) < 4.78 is 0. The Hall–Kier alpha value is -0.910. The quantitative estimate of drug-likeness (QED) is 0.497. The Kier molecular flexibility index (Phi) is 4.46. The number of hydrogen-bond acceptors (Lipinski definition) is 4. The molecule has 0 saturated carbocycles. The molecule has 0 radical (unpaired) electrons. The molecule has 0 aliphatic carbocycles. The van der Waals surface area contributed by atoms with E-state index in [2.05, 4.69) is 25.3 Å². The van der Waals surface area contributed by atoms with Crippen molar-refractivity contribution in [2.24, 2.45) is 5.73 Å². The van der Waals surface area contributed by atoms with Gasteiger partial charge in [0, 0.05) is 25.7 Å². The van der Waals surface area contributed by atoms with Gasteiger partial charge in [0.2, 0.25) is 5.91 Å². The maximum atomic E-state index is 11.6. The van der Waals surface area contributed by atoms with Crippen LogP contribution < -0.4 is 5.73 Å². The van der Waals surface area contributed by atoms with Crippen LogP contribution in [0, 0.1) is 0 Å². The zero-order chi connectivity index (χ0) is 12.3. The number of amides is 1. The Labute approximate surface area is 96.5 Å². The number of nitrogens with zero attached hydrogens (tertiary/aromatic N) is 2. The molecule has 5 heteroatoms. The van der Waals surface area contributed by atoms with Crippen molar-refractivity contribution in [2.45, 2.75) is 32.2 Å². The Morgan fingerprint density at radius 2 is 2.19 bits per heavy atom. The van der Waals surface area contributed by atoms with Crippen molar-refractivity contribution in [3.05, 3.63) is 12.7 Å². The molecule has 1 saturated heterocycles. The summed E-state index contributed by atoms with van der Waals surface area (Å²) in [6, 6.07) is 0.0453. The Bertz CT molecular complexity index is 266. The van der Waals surface area contributed by atoms with Gasteiger partial charge in [0.25, 0.3) is 0 Å². The summed E-state index contributed by atoms with van der Waals surface area (Å²) in [4.78, 5) is 15.4. The van der Waals surface area contributed by atoms with Crippen molar-refractivity contribution in [3.63, 3.8) is 0 Å². The minimum Gasteiger partial charge on any atom is -0.377 e. The van der Waals surface area contributed by atoms with Crippen molar-refractivity contribution >= 4 is 5.91 Å². The molecule has 16 heavy (non-hydrogen) atoms. The van der Waals surface area contributed by atoms with E-state index >= 15 is 0 Å². The molecule has 0 aromatic carbocycles. The highest BCUT2D eigenvalue weighted by atomic mass is 16.3. The van der Waals surface area contributed by atoms with Gasteiger partial charge >= 0.3 is 0 Å². The fourth-order valence-electron chi connectivity index (χ4n) is 1.98. The maximum absolute atomic E-state index is 11.6. The van der Waals surface area contributed by atoms with Gasteiger partial charge in [-0.25, -0.2) is 0 Å². The van der Waals surface area contributed by atoms with Crippen molar-refractivity contribution in [1.29, 1.82) is 0 Å². The molecule has 2 atom stereocenters. The van der Waals surface area contributed by atoms with Crippen LogP contribution in [0.3, 0.4) is 0 Å². The van der Waals surface area contributed by atoms with E-state index in [0.717, 1.165) is 6.54 Å². The van der Waals surface area contributed by atoms with Crippen LogP contribution in [0.5, 0.6) is 0 Å². The Balaban J connectivity index is 2.75. The summed E-state index contributed by atoms with van der Waals surface area (Å²) in [6.45, 7) is 9.63. The molecule has 1 heterocycles.